The van der Waals surface area contributed by atoms with Gasteiger partial charge < -0.3 is 15.4 Å². The number of ether oxygens (including phenoxy) is 1. The summed E-state index contributed by atoms with van der Waals surface area (Å²) < 4.78 is 5.63. The topological polar surface area (TPSA) is 80.3 Å². The molecule has 2 amide bonds. The van der Waals surface area contributed by atoms with Gasteiger partial charge in [-0.25, -0.2) is 4.98 Å². The summed E-state index contributed by atoms with van der Waals surface area (Å²) in [5, 5.41) is 5.00. The molecular formula is C12H15N3O3. The van der Waals surface area contributed by atoms with Crippen LogP contribution in [0.3, 0.4) is 0 Å². The van der Waals surface area contributed by atoms with Gasteiger partial charge in [-0.3, -0.25) is 9.59 Å². The fourth-order valence-corrected chi connectivity index (χ4v) is 1.46. The Kier molecular flexibility index (Phi) is 3.45. The summed E-state index contributed by atoms with van der Waals surface area (Å²) in [6.45, 7) is 0. The molecule has 0 atom stereocenters. The standard InChI is InChI=1S/C12H15N3O3/c1-13-11(16)8-6-15-9(12(17)14-2)5-10(8)18-7-3-4-7/h5-7H,3-4H2,1-2H3,(H,13,16)(H,14,17). The van der Waals surface area contributed by atoms with E-state index in [9.17, 15) is 9.59 Å². The van der Waals surface area contributed by atoms with E-state index in [-0.39, 0.29) is 23.6 Å². The van der Waals surface area contributed by atoms with Crippen LogP contribution in [0.1, 0.15) is 33.7 Å². The van der Waals surface area contributed by atoms with E-state index in [4.69, 9.17) is 4.74 Å². The minimum Gasteiger partial charge on any atom is -0.489 e. The lowest BCUT2D eigenvalue weighted by molar-refractivity contribution is 0.0943. The van der Waals surface area contributed by atoms with E-state index in [2.05, 4.69) is 15.6 Å². The molecule has 1 heterocycles. The Morgan fingerprint density at radius 2 is 1.94 bits per heavy atom. The lowest BCUT2D eigenvalue weighted by atomic mass is 10.2. The molecule has 0 spiro atoms. The van der Waals surface area contributed by atoms with Gasteiger partial charge in [-0.15, -0.1) is 0 Å². The Labute approximate surface area is 105 Å². The summed E-state index contributed by atoms with van der Waals surface area (Å²) in [6.07, 6.45) is 3.46. The Bertz CT molecular complexity index is 483. The molecule has 0 aromatic carbocycles. The summed E-state index contributed by atoms with van der Waals surface area (Å²) in [7, 11) is 3.06. The van der Waals surface area contributed by atoms with Crippen LogP contribution in [0.5, 0.6) is 5.75 Å². The Morgan fingerprint density at radius 1 is 1.28 bits per heavy atom. The molecule has 6 nitrogen and oxygen atoms in total. The molecule has 0 aliphatic heterocycles. The van der Waals surface area contributed by atoms with Crippen LogP contribution in [-0.2, 0) is 0 Å². The van der Waals surface area contributed by atoms with Crippen molar-refractivity contribution in [1.29, 1.82) is 0 Å². The number of pyridine rings is 1. The van der Waals surface area contributed by atoms with Crippen LogP contribution in [0.25, 0.3) is 0 Å². The van der Waals surface area contributed by atoms with Crippen molar-refractivity contribution in [2.24, 2.45) is 0 Å². The molecule has 1 saturated carbocycles. The second kappa shape index (κ2) is 5.03. The van der Waals surface area contributed by atoms with Gasteiger partial charge in [-0.1, -0.05) is 0 Å². The van der Waals surface area contributed by atoms with Gasteiger partial charge in [0.2, 0.25) is 0 Å². The maximum absolute atomic E-state index is 11.7. The summed E-state index contributed by atoms with van der Waals surface area (Å²) in [6, 6.07) is 1.50. The van der Waals surface area contributed by atoms with Gasteiger partial charge in [-0.2, -0.15) is 0 Å². The molecular weight excluding hydrogens is 234 g/mol. The van der Waals surface area contributed by atoms with Crippen LogP contribution >= 0.6 is 0 Å². The summed E-state index contributed by atoms with van der Waals surface area (Å²) in [5.41, 5.74) is 0.581. The predicted molar refractivity (Wildman–Crippen MR) is 64.7 cm³/mol. The second-order valence-electron chi connectivity index (χ2n) is 4.04. The fourth-order valence-electron chi connectivity index (χ4n) is 1.46. The van der Waals surface area contributed by atoms with Crippen LogP contribution in [-0.4, -0.2) is 37.0 Å². The van der Waals surface area contributed by atoms with Gasteiger partial charge in [0.25, 0.3) is 11.8 Å². The van der Waals surface area contributed by atoms with Crippen LogP contribution in [0.4, 0.5) is 0 Å². The molecule has 0 unspecified atom stereocenters. The predicted octanol–water partition coefficient (Wildman–Crippen LogP) is 0.342. The largest absolute Gasteiger partial charge is 0.489 e. The zero-order chi connectivity index (χ0) is 13.1. The Hall–Kier alpha value is -2.11. The zero-order valence-electron chi connectivity index (χ0n) is 10.3. The van der Waals surface area contributed by atoms with E-state index in [1.807, 2.05) is 0 Å². The monoisotopic (exact) mass is 249 g/mol. The number of nitrogens with zero attached hydrogens (tertiary/aromatic N) is 1. The van der Waals surface area contributed by atoms with Crippen molar-refractivity contribution in [3.63, 3.8) is 0 Å². The third-order valence-corrected chi connectivity index (χ3v) is 2.62. The zero-order valence-corrected chi connectivity index (χ0v) is 10.3. The third kappa shape index (κ3) is 2.58. The average Bonchev–Trinajstić information content (AvgIpc) is 3.20. The molecule has 6 heteroatoms. The number of hydrogen-bond donors (Lipinski definition) is 2. The highest BCUT2D eigenvalue weighted by molar-refractivity contribution is 5.98. The van der Waals surface area contributed by atoms with Gasteiger partial charge in [-0.05, 0) is 12.8 Å². The third-order valence-electron chi connectivity index (χ3n) is 2.62. The normalized spacial score (nSPS) is 13.9. The first-order chi connectivity index (χ1) is 8.65. The minimum atomic E-state index is -0.306. The van der Waals surface area contributed by atoms with E-state index in [0.717, 1.165) is 12.8 Å². The molecule has 2 N–H and O–H groups in total. The number of carbonyl (C=O) groups excluding carboxylic acids is 2. The smallest absolute Gasteiger partial charge is 0.269 e. The lowest BCUT2D eigenvalue weighted by Gasteiger charge is -2.10. The lowest BCUT2D eigenvalue weighted by Crippen LogP contribution is -2.22. The molecule has 1 aromatic heterocycles. The van der Waals surface area contributed by atoms with Gasteiger partial charge in [0.15, 0.2) is 0 Å². The van der Waals surface area contributed by atoms with E-state index < -0.39 is 0 Å². The van der Waals surface area contributed by atoms with Crippen molar-refractivity contribution in [3.05, 3.63) is 23.5 Å². The maximum Gasteiger partial charge on any atom is 0.269 e. The molecule has 1 aromatic rings. The molecule has 18 heavy (non-hydrogen) atoms. The highest BCUT2D eigenvalue weighted by Crippen LogP contribution is 2.29. The van der Waals surface area contributed by atoms with Crippen molar-refractivity contribution in [1.82, 2.24) is 15.6 Å². The number of amides is 2. The fraction of sp³-hybridized carbons (Fsp3) is 0.417. The Balaban J connectivity index is 2.33. The van der Waals surface area contributed by atoms with Crippen molar-refractivity contribution < 1.29 is 14.3 Å². The SMILES string of the molecule is CNC(=O)c1cc(OC2CC2)c(C(=O)NC)cn1. The number of nitrogens with one attached hydrogen (secondary N) is 2. The number of carbonyl (C=O) groups is 2. The molecule has 1 aliphatic carbocycles. The average molecular weight is 249 g/mol. The first kappa shape index (κ1) is 12.3. The van der Waals surface area contributed by atoms with Gasteiger partial charge >= 0.3 is 0 Å². The second-order valence-corrected chi connectivity index (χ2v) is 4.04. The highest BCUT2D eigenvalue weighted by atomic mass is 16.5. The van der Waals surface area contributed by atoms with Gasteiger partial charge in [0, 0.05) is 26.4 Å². The molecule has 1 fully saturated rings. The van der Waals surface area contributed by atoms with Crippen molar-refractivity contribution in [3.8, 4) is 5.75 Å². The van der Waals surface area contributed by atoms with E-state index in [0.29, 0.717) is 11.3 Å². The maximum atomic E-state index is 11.7. The number of aromatic nitrogens is 1. The van der Waals surface area contributed by atoms with E-state index in [1.165, 1.54) is 26.4 Å². The Morgan fingerprint density at radius 3 is 2.50 bits per heavy atom. The first-order valence-electron chi connectivity index (χ1n) is 5.76. The highest BCUT2D eigenvalue weighted by Gasteiger charge is 2.26. The first-order valence-corrected chi connectivity index (χ1v) is 5.76. The van der Waals surface area contributed by atoms with Gasteiger partial charge in [0.05, 0.1) is 11.7 Å². The van der Waals surface area contributed by atoms with E-state index in [1.54, 1.807) is 0 Å². The van der Waals surface area contributed by atoms with Crippen LogP contribution in [0.15, 0.2) is 12.3 Å². The van der Waals surface area contributed by atoms with Crippen LogP contribution in [0, 0.1) is 0 Å². The molecule has 0 bridgehead atoms. The number of rotatable bonds is 4. The number of hydrogen-bond acceptors (Lipinski definition) is 4. The summed E-state index contributed by atoms with van der Waals surface area (Å²) in [4.78, 5) is 27.1. The van der Waals surface area contributed by atoms with Crippen molar-refractivity contribution in [2.75, 3.05) is 14.1 Å². The quantitative estimate of drug-likeness (QED) is 0.806. The van der Waals surface area contributed by atoms with Crippen LogP contribution in [0.2, 0.25) is 0 Å². The summed E-state index contributed by atoms with van der Waals surface area (Å²) >= 11 is 0. The molecule has 96 valence electrons. The molecule has 2 rings (SSSR count). The molecule has 1 aliphatic rings. The van der Waals surface area contributed by atoms with E-state index >= 15 is 0 Å². The minimum absolute atomic E-state index is 0.147. The summed E-state index contributed by atoms with van der Waals surface area (Å²) in [5.74, 6) is -0.175. The molecule has 0 radical (unpaired) electrons. The van der Waals surface area contributed by atoms with Crippen LogP contribution < -0.4 is 15.4 Å². The van der Waals surface area contributed by atoms with Crippen molar-refractivity contribution >= 4 is 11.8 Å². The molecule has 0 saturated heterocycles. The van der Waals surface area contributed by atoms with Gasteiger partial charge in [0.1, 0.15) is 11.4 Å². The van der Waals surface area contributed by atoms with Crippen molar-refractivity contribution in [2.45, 2.75) is 18.9 Å².